The first-order valence-electron chi connectivity index (χ1n) is 7.67. The summed E-state index contributed by atoms with van der Waals surface area (Å²) in [5.74, 6) is -1.26. The van der Waals surface area contributed by atoms with E-state index in [-0.39, 0.29) is 23.9 Å². The average Bonchev–Trinajstić information content (AvgIpc) is 2.83. The van der Waals surface area contributed by atoms with E-state index in [1.807, 2.05) is 0 Å². The molecule has 5 nitrogen and oxygen atoms in total. The maximum Gasteiger partial charge on any atom is 0.303 e. The highest BCUT2D eigenvalue weighted by molar-refractivity contribution is 5.98. The highest BCUT2D eigenvalue weighted by atomic mass is 19.1. The fraction of sp³-hybridized carbons (Fsp3) is 0.412. The van der Waals surface area contributed by atoms with Crippen molar-refractivity contribution in [2.24, 2.45) is 0 Å². The molecule has 6 heteroatoms. The van der Waals surface area contributed by atoms with Crippen molar-refractivity contribution in [2.45, 2.75) is 39.0 Å². The van der Waals surface area contributed by atoms with Crippen molar-refractivity contribution in [1.82, 2.24) is 5.32 Å². The van der Waals surface area contributed by atoms with Crippen LogP contribution in [-0.4, -0.2) is 23.5 Å². The minimum absolute atomic E-state index is 0.182. The number of aliphatic carboxylic acids is 1. The fourth-order valence-corrected chi connectivity index (χ4v) is 2.45. The Morgan fingerprint density at radius 2 is 1.96 bits per heavy atom. The van der Waals surface area contributed by atoms with Crippen molar-refractivity contribution in [1.29, 1.82) is 0 Å². The number of unbranched alkanes of at least 4 members (excludes halogenated alkanes) is 3. The van der Waals surface area contributed by atoms with Gasteiger partial charge in [0.2, 0.25) is 0 Å². The van der Waals surface area contributed by atoms with Crippen LogP contribution in [0.4, 0.5) is 4.39 Å². The number of benzene rings is 1. The van der Waals surface area contributed by atoms with Gasteiger partial charge in [-0.15, -0.1) is 0 Å². The monoisotopic (exact) mass is 321 g/mol. The van der Waals surface area contributed by atoms with Crippen molar-refractivity contribution in [3.05, 3.63) is 35.3 Å². The van der Waals surface area contributed by atoms with E-state index in [1.54, 1.807) is 6.92 Å². The van der Waals surface area contributed by atoms with Crippen LogP contribution in [0.1, 0.15) is 48.2 Å². The van der Waals surface area contributed by atoms with E-state index in [0.29, 0.717) is 29.5 Å². The lowest BCUT2D eigenvalue weighted by Crippen LogP contribution is -2.24. The summed E-state index contributed by atoms with van der Waals surface area (Å²) in [6, 6.07) is 4.16. The molecule has 1 aromatic carbocycles. The lowest BCUT2D eigenvalue weighted by Gasteiger charge is -2.03. The van der Waals surface area contributed by atoms with Crippen LogP contribution in [0.3, 0.4) is 0 Å². The number of aryl methyl sites for hydroxylation is 1. The second kappa shape index (κ2) is 7.76. The van der Waals surface area contributed by atoms with Crippen LogP contribution in [0, 0.1) is 12.7 Å². The Hall–Kier alpha value is -2.37. The predicted molar refractivity (Wildman–Crippen MR) is 84.0 cm³/mol. The van der Waals surface area contributed by atoms with E-state index in [0.717, 1.165) is 19.3 Å². The molecule has 1 heterocycles. The van der Waals surface area contributed by atoms with Crippen molar-refractivity contribution in [3.63, 3.8) is 0 Å². The van der Waals surface area contributed by atoms with Gasteiger partial charge in [0.25, 0.3) is 5.91 Å². The van der Waals surface area contributed by atoms with Gasteiger partial charge in [0.1, 0.15) is 11.4 Å². The molecule has 2 aromatic rings. The largest absolute Gasteiger partial charge is 0.481 e. The summed E-state index contributed by atoms with van der Waals surface area (Å²) < 4.78 is 18.7. The lowest BCUT2D eigenvalue weighted by molar-refractivity contribution is -0.137. The van der Waals surface area contributed by atoms with Crippen molar-refractivity contribution in [2.75, 3.05) is 6.54 Å². The SMILES string of the molecule is Cc1c(C(=O)NCCCCCCC(=O)O)oc2ccc(F)cc12. The van der Waals surface area contributed by atoms with E-state index in [1.165, 1.54) is 18.2 Å². The van der Waals surface area contributed by atoms with Gasteiger partial charge in [0, 0.05) is 23.9 Å². The number of hydrogen-bond donors (Lipinski definition) is 2. The van der Waals surface area contributed by atoms with Gasteiger partial charge in [-0.1, -0.05) is 12.8 Å². The average molecular weight is 321 g/mol. The Kier molecular flexibility index (Phi) is 5.73. The molecule has 0 unspecified atom stereocenters. The molecule has 0 aliphatic heterocycles. The zero-order valence-corrected chi connectivity index (χ0v) is 13.0. The zero-order valence-electron chi connectivity index (χ0n) is 13.0. The van der Waals surface area contributed by atoms with Crippen molar-refractivity contribution in [3.8, 4) is 0 Å². The minimum atomic E-state index is -0.782. The van der Waals surface area contributed by atoms with Crippen LogP contribution >= 0.6 is 0 Å². The van der Waals surface area contributed by atoms with Crippen LogP contribution in [0.25, 0.3) is 11.0 Å². The Labute approximate surface area is 133 Å². The second-order valence-corrected chi connectivity index (χ2v) is 5.51. The Morgan fingerprint density at radius 3 is 2.70 bits per heavy atom. The molecule has 1 amide bonds. The number of carbonyl (C=O) groups is 2. The van der Waals surface area contributed by atoms with Crippen molar-refractivity contribution >= 4 is 22.8 Å². The quantitative estimate of drug-likeness (QED) is 0.727. The molecule has 0 aliphatic carbocycles. The number of halogens is 1. The van der Waals surface area contributed by atoms with Crippen molar-refractivity contribution < 1.29 is 23.5 Å². The summed E-state index contributed by atoms with van der Waals surface area (Å²) >= 11 is 0. The summed E-state index contributed by atoms with van der Waals surface area (Å²) in [4.78, 5) is 22.5. The zero-order chi connectivity index (χ0) is 16.8. The van der Waals surface area contributed by atoms with Gasteiger partial charge >= 0.3 is 5.97 Å². The van der Waals surface area contributed by atoms with E-state index in [9.17, 15) is 14.0 Å². The standard InChI is InChI=1S/C17H20FNO4/c1-11-13-10-12(18)7-8-14(13)23-16(11)17(22)19-9-5-3-2-4-6-15(20)21/h7-8,10H,2-6,9H2,1H3,(H,19,22)(H,20,21). The molecule has 1 aromatic heterocycles. The molecule has 23 heavy (non-hydrogen) atoms. The molecule has 0 radical (unpaired) electrons. The molecule has 0 fully saturated rings. The number of fused-ring (bicyclic) bond motifs is 1. The summed E-state index contributed by atoms with van der Waals surface area (Å²) in [6.07, 6.45) is 3.29. The Balaban J connectivity index is 1.82. The van der Waals surface area contributed by atoms with Crippen LogP contribution in [0.2, 0.25) is 0 Å². The molecule has 0 bridgehead atoms. The third-order valence-corrected chi connectivity index (χ3v) is 3.71. The Bertz CT molecular complexity index is 708. The Morgan fingerprint density at radius 1 is 1.22 bits per heavy atom. The summed E-state index contributed by atoms with van der Waals surface area (Å²) in [6.45, 7) is 2.23. The van der Waals surface area contributed by atoms with Gasteiger partial charge in [0.05, 0.1) is 0 Å². The molecule has 0 saturated heterocycles. The van der Waals surface area contributed by atoms with Gasteiger partial charge in [-0.05, 0) is 38.0 Å². The molecule has 2 N–H and O–H groups in total. The minimum Gasteiger partial charge on any atom is -0.481 e. The first-order chi connectivity index (χ1) is 11.0. The van der Waals surface area contributed by atoms with Crippen LogP contribution in [0.5, 0.6) is 0 Å². The molecule has 2 rings (SSSR count). The fourth-order valence-electron chi connectivity index (χ4n) is 2.45. The first-order valence-corrected chi connectivity index (χ1v) is 7.67. The topological polar surface area (TPSA) is 79.5 Å². The molecular formula is C17H20FNO4. The maximum absolute atomic E-state index is 13.2. The smallest absolute Gasteiger partial charge is 0.303 e. The first kappa shape index (κ1) is 17.0. The van der Waals surface area contributed by atoms with Gasteiger partial charge in [-0.2, -0.15) is 0 Å². The van der Waals surface area contributed by atoms with Crippen LogP contribution in [0.15, 0.2) is 22.6 Å². The number of rotatable bonds is 8. The molecular weight excluding hydrogens is 301 g/mol. The number of carboxylic acid groups (broad SMARTS) is 1. The van der Waals surface area contributed by atoms with Gasteiger partial charge in [-0.25, -0.2) is 4.39 Å². The molecule has 0 atom stereocenters. The molecule has 124 valence electrons. The van der Waals surface area contributed by atoms with Gasteiger partial charge in [0.15, 0.2) is 5.76 Å². The molecule has 0 aliphatic rings. The van der Waals surface area contributed by atoms with Crippen LogP contribution in [-0.2, 0) is 4.79 Å². The second-order valence-electron chi connectivity index (χ2n) is 5.51. The summed E-state index contributed by atoms with van der Waals surface area (Å²) in [7, 11) is 0. The summed E-state index contributed by atoms with van der Waals surface area (Å²) in [5, 5.41) is 11.9. The molecule has 0 saturated carbocycles. The third-order valence-electron chi connectivity index (χ3n) is 3.71. The molecule has 0 spiro atoms. The normalized spacial score (nSPS) is 10.9. The van der Waals surface area contributed by atoms with E-state index in [2.05, 4.69) is 5.32 Å². The van der Waals surface area contributed by atoms with E-state index in [4.69, 9.17) is 9.52 Å². The summed E-state index contributed by atoms with van der Waals surface area (Å²) in [5.41, 5.74) is 1.11. The van der Waals surface area contributed by atoms with E-state index >= 15 is 0 Å². The number of amides is 1. The number of hydrogen-bond acceptors (Lipinski definition) is 3. The number of carboxylic acids is 1. The predicted octanol–water partition coefficient (Wildman–Crippen LogP) is 3.65. The number of nitrogens with one attached hydrogen (secondary N) is 1. The highest BCUT2D eigenvalue weighted by Gasteiger charge is 2.17. The number of furan rings is 1. The lowest BCUT2D eigenvalue weighted by atomic mass is 10.1. The van der Waals surface area contributed by atoms with Crippen LogP contribution < -0.4 is 5.32 Å². The maximum atomic E-state index is 13.2. The van der Waals surface area contributed by atoms with Gasteiger partial charge < -0.3 is 14.8 Å². The highest BCUT2D eigenvalue weighted by Crippen LogP contribution is 2.25. The third kappa shape index (κ3) is 4.55. The van der Waals surface area contributed by atoms with Gasteiger partial charge in [-0.3, -0.25) is 9.59 Å². The van der Waals surface area contributed by atoms with E-state index < -0.39 is 5.97 Å². The number of carbonyl (C=O) groups excluding carboxylic acids is 1.